The largest absolute Gasteiger partial charge is 0.370 e. The summed E-state index contributed by atoms with van der Waals surface area (Å²) in [5.41, 5.74) is 0.964. The monoisotopic (exact) mass is 234 g/mol. The summed E-state index contributed by atoms with van der Waals surface area (Å²) < 4.78 is 0. The lowest BCUT2D eigenvalue weighted by Crippen LogP contribution is -2.28. The Morgan fingerprint density at radius 3 is 2.94 bits per heavy atom. The van der Waals surface area contributed by atoms with E-state index in [1.54, 1.807) is 12.1 Å². The molecule has 0 atom stereocenters. The van der Waals surface area contributed by atoms with E-state index >= 15 is 0 Å². The summed E-state index contributed by atoms with van der Waals surface area (Å²) in [6, 6.07) is 7.75. The van der Waals surface area contributed by atoms with E-state index in [2.05, 4.69) is 22.9 Å². The van der Waals surface area contributed by atoms with Gasteiger partial charge in [-0.1, -0.05) is 0 Å². The van der Waals surface area contributed by atoms with Crippen molar-refractivity contribution in [3.8, 4) is 0 Å². The molecule has 17 heavy (non-hydrogen) atoms. The van der Waals surface area contributed by atoms with E-state index in [1.807, 2.05) is 6.07 Å². The van der Waals surface area contributed by atoms with Gasteiger partial charge in [0.2, 0.25) is 0 Å². The molecule has 0 spiro atoms. The number of benzene rings is 1. The Balaban J connectivity index is 2.15. The number of likely N-dealkylation sites (N-methyl/N-ethyl adjacent to an activating group) is 1. The molecule has 1 saturated heterocycles. The van der Waals surface area contributed by atoms with Gasteiger partial charge in [0.15, 0.2) is 0 Å². The van der Waals surface area contributed by atoms with Gasteiger partial charge in [0.05, 0.1) is 11.0 Å². The molecule has 0 saturated carbocycles. The molecule has 1 aromatic rings. The predicted octanol–water partition coefficient (Wildman–Crippen LogP) is 1.54. The number of nitrogens with zero attached hydrogens (tertiary/aromatic N) is 3. The van der Waals surface area contributed by atoms with Crippen LogP contribution in [0.1, 0.15) is 6.42 Å². The molecule has 1 radical (unpaired) electrons. The number of anilines is 1. The zero-order chi connectivity index (χ0) is 12.3. The minimum atomic E-state index is -0.395. The summed E-state index contributed by atoms with van der Waals surface area (Å²) in [6.07, 6.45) is 1.09. The third-order valence-corrected chi connectivity index (χ3v) is 3.05. The predicted molar refractivity (Wildman–Crippen MR) is 66.3 cm³/mol. The fraction of sp³-hybridized carbons (Fsp3) is 0.500. The molecular formula is C12H16N3O2. The fourth-order valence-electron chi connectivity index (χ4n) is 2.05. The van der Waals surface area contributed by atoms with E-state index in [4.69, 9.17) is 0 Å². The highest BCUT2D eigenvalue weighted by Crippen LogP contribution is 2.21. The summed E-state index contributed by atoms with van der Waals surface area (Å²) in [5.74, 6) is 0. The SMILES string of the molecule is CN1CCCN(c2cc[c]c([N+](=O)[O-])c2)CC1. The Hall–Kier alpha value is -1.62. The van der Waals surface area contributed by atoms with Crippen molar-refractivity contribution in [1.29, 1.82) is 0 Å². The van der Waals surface area contributed by atoms with E-state index < -0.39 is 4.92 Å². The number of hydrogen-bond acceptors (Lipinski definition) is 4. The second-order valence-electron chi connectivity index (χ2n) is 4.33. The van der Waals surface area contributed by atoms with Crippen LogP contribution in [0.4, 0.5) is 11.4 Å². The smallest absolute Gasteiger partial charge is 0.279 e. The third-order valence-electron chi connectivity index (χ3n) is 3.05. The van der Waals surface area contributed by atoms with Crippen molar-refractivity contribution in [2.24, 2.45) is 0 Å². The van der Waals surface area contributed by atoms with Crippen molar-refractivity contribution in [3.63, 3.8) is 0 Å². The topological polar surface area (TPSA) is 49.6 Å². The molecule has 0 aromatic heterocycles. The van der Waals surface area contributed by atoms with Crippen molar-refractivity contribution in [3.05, 3.63) is 34.4 Å². The quantitative estimate of drug-likeness (QED) is 0.575. The number of nitro benzene ring substituents is 1. The molecule has 1 heterocycles. The summed E-state index contributed by atoms with van der Waals surface area (Å²) in [6.45, 7) is 3.94. The molecule has 5 heteroatoms. The molecule has 1 aromatic carbocycles. The molecule has 91 valence electrons. The average molecular weight is 234 g/mol. The van der Waals surface area contributed by atoms with Gasteiger partial charge in [-0.05, 0) is 32.1 Å². The maximum Gasteiger partial charge on any atom is 0.279 e. The van der Waals surface area contributed by atoms with E-state index in [0.717, 1.165) is 38.3 Å². The lowest BCUT2D eigenvalue weighted by molar-refractivity contribution is -0.385. The summed E-state index contributed by atoms with van der Waals surface area (Å²) >= 11 is 0. The highest BCUT2D eigenvalue weighted by molar-refractivity contribution is 5.52. The molecule has 0 unspecified atom stereocenters. The zero-order valence-electron chi connectivity index (χ0n) is 9.93. The van der Waals surface area contributed by atoms with E-state index in [1.165, 1.54) is 0 Å². The van der Waals surface area contributed by atoms with Crippen molar-refractivity contribution in [2.75, 3.05) is 38.1 Å². The van der Waals surface area contributed by atoms with Crippen molar-refractivity contribution in [1.82, 2.24) is 4.90 Å². The van der Waals surface area contributed by atoms with Gasteiger partial charge in [-0.2, -0.15) is 0 Å². The van der Waals surface area contributed by atoms with Gasteiger partial charge in [-0.25, -0.2) is 0 Å². The third kappa shape index (κ3) is 2.94. The van der Waals surface area contributed by atoms with Crippen molar-refractivity contribution < 1.29 is 4.92 Å². The first-order chi connectivity index (χ1) is 8.16. The van der Waals surface area contributed by atoms with Crippen LogP contribution >= 0.6 is 0 Å². The number of nitro groups is 1. The first kappa shape index (κ1) is 11.9. The van der Waals surface area contributed by atoms with Crippen molar-refractivity contribution in [2.45, 2.75) is 6.42 Å². The Morgan fingerprint density at radius 2 is 2.18 bits per heavy atom. The lowest BCUT2D eigenvalue weighted by atomic mass is 10.2. The van der Waals surface area contributed by atoms with Crippen LogP contribution in [0.2, 0.25) is 0 Å². The van der Waals surface area contributed by atoms with Crippen LogP contribution < -0.4 is 4.90 Å². The van der Waals surface area contributed by atoms with E-state index in [9.17, 15) is 10.1 Å². The zero-order valence-corrected chi connectivity index (χ0v) is 9.93. The molecule has 1 aliphatic rings. The molecule has 1 aliphatic heterocycles. The number of hydrogen-bond donors (Lipinski definition) is 0. The first-order valence-corrected chi connectivity index (χ1v) is 5.76. The molecule has 1 fully saturated rings. The average Bonchev–Trinajstić information content (AvgIpc) is 2.54. The van der Waals surface area contributed by atoms with Gasteiger partial charge < -0.3 is 9.80 Å². The maximum atomic E-state index is 10.7. The molecule has 0 N–H and O–H groups in total. The molecular weight excluding hydrogens is 218 g/mol. The van der Waals surface area contributed by atoms with Crippen LogP contribution in [-0.2, 0) is 0 Å². The Kier molecular flexibility index (Phi) is 3.58. The van der Waals surface area contributed by atoms with Gasteiger partial charge in [0, 0.05) is 31.4 Å². The summed E-state index contributed by atoms with van der Waals surface area (Å²) in [4.78, 5) is 14.8. The molecule has 0 bridgehead atoms. The highest BCUT2D eigenvalue weighted by Gasteiger charge is 2.15. The summed E-state index contributed by atoms with van der Waals surface area (Å²) in [5, 5.41) is 10.7. The van der Waals surface area contributed by atoms with Gasteiger partial charge in [-0.3, -0.25) is 10.1 Å². The molecule has 5 nitrogen and oxygen atoms in total. The van der Waals surface area contributed by atoms with Crippen LogP contribution in [0.3, 0.4) is 0 Å². The second-order valence-corrected chi connectivity index (χ2v) is 4.33. The standard InChI is InChI=1S/C12H16N3O2/c1-13-6-3-7-14(9-8-13)11-4-2-5-12(10-11)15(16)17/h2,4,10H,3,6-9H2,1H3. The van der Waals surface area contributed by atoms with Crippen LogP contribution in [0.25, 0.3) is 0 Å². The van der Waals surface area contributed by atoms with Crippen LogP contribution in [0.5, 0.6) is 0 Å². The molecule has 0 amide bonds. The van der Waals surface area contributed by atoms with Crippen molar-refractivity contribution >= 4 is 11.4 Å². The van der Waals surface area contributed by atoms with Gasteiger partial charge in [0.1, 0.15) is 0 Å². The van der Waals surface area contributed by atoms with Crippen LogP contribution in [-0.4, -0.2) is 43.0 Å². The Morgan fingerprint density at radius 1 is 1.35 bits per heavy atom. The lowest BCUT2D eigenvalue weighted by Gasteiger charge is -2.22. The van der Waals surface area contributed by atoms with Crippen LogP contribution in [0.15, 0.2) is 18.2 Å². The summed E-state index contributed by atoms with van der Waals surface area (Å²) in [7, 11) is 2.10. The minimum Gasteiger partial charge on any atom is -0.370 e. The Labute approximate surface area is 101 Å². The normalized spacial score (nSPS) is 17.8. The van der Waals surface area contributed by atoms with Gasteiger partial charge >= 0.3 is 0 Å². The van der Waals surface area contributed by atoms with E-state index in [0.29, 0.717) is 0 Å². The van der Waals surface area contributed by atoms with Crippen LogP contribution in [0, 0.1) is 16.2 Å². The van der Waals surface area contributed by atoms with Gasteiger partial charge in [-0.15, -0.1) is 0 Å². The maximum absolute atomic E-state index is 10.7. The highest BCUT2D eigenvalue weighted by atomic mass is 16.6. The first-order valence-electron chi connectivity index (χ1n) is 5.76. The minimum absolute atomic E-state index is 0.0418. The van der Waals surface area contributed by atoms with E-state index in [-0.39, 0.29) is 5.69 Å². The molecule has 0 aliphatic carbocycles. The second kappa shape index (κ2) is 5.14. The van der Waals surface area contributed by atoms with Gasteiger partial charge in [0.25, 0.3) is 5.69 Å². The Bertz CT molecular complexity index is 408. The fourth-order valence-corrected chi connectivity index (χ4v) is 2.05. The number of rotatable bonds is 2. The molecule has 2 rings (SSSR count). The number of non-ortho nitro benzene ring substituents is 1.